The maximum Gasteiger partial charge on any atom is 0.136 e. The van der Waals surface area contributed by atoms with Crippen molar-refractivity contribution in [3.63, 3.8) is 0 Å². The van der Waals surface area contributed by atoms with Gasteiger partial charge in [0.15, 0.2) is 0 Å². The molecule has 0 aliphatic heterocycles. The Balaban J connectivity index is 0.000000224. The lowest BCUT2D eigenvalue weighted by Crippen LogP contribution is -2.04. The molecule has 0 amide bonds. The molecule has 0 aliphatic rings. The zero-order chi connectivity index (χ0) is 16.7. The predicted octanol–water partition coefficient (Wildman–Crippen LogP) is 3.39. The van der Waals surface area contributed by atoms with E-state index in [-0.39, 0.29) is 28.8 Å². The number of anilines is 2. The Hall–Kier alpha value is -1.82. The normalized spacial score (nSPS) is 9.82. The average Bonchev–Trinajstić information content (AvgIpc) is 2.51. The number of rotatable bonds is 3. The van der Waals surface area contributed by atoms with E-state index in [4.69, 9.17) is 39.1 Å². The van der Waals surface area contributed by atoms with Crippen molar-refractivity contribution in [2.24, 2.45) is 0 Å². The van der Waals surface area contributed by atoms with Crippen LogP contribution in [0.4, 0.5) is 11.4 Å². The van der Waals surface area contributed by atoms with Gasteiger partial charge in [-0.1, -0.05) is 29.3 Å². The largest absolute Gasteiger partial charge is 0.508 e. The fraction of sp³-hybridized carbons (Fsp3) is 0.200. The van der Waals surface area contributed by atoms with Crippen molar-refractivity contribution in [2.45, 2.75) is 6.92 Å². The summed E-state index contributed by atoms with van der Waals surface area (Å²) < 4.78 is 0. The molecule has 0 unspecified atom stereocenters. The number of hydrogen-bond donors (Lipinski definition) is 5. The van der Waals surface area contributed by atoms with Crippen LogP contribution in [0, 0.1) is 6.92 Å². The van der Waals surface area contributed by atoms with E-state index in [9.17, 15) is 5.11 Å². The number of nitrogens with two attached hydrogens (primary N) is 1. The van der Waals surface area contributed by atoms with Crippen LogP contribution in [0.3, 0.4) is 0 Å². The quantitative estimate of drug-likeness (QED) is 0.549. The number of aliphatic hydroxyl groups is 1. The van der Waals surface area contributed by atoms with E-state index in [1.807, 2.05) is 19.1 Å². The minimum absolute atomic E-state index is 0.0523. The summed E-state index contributed by atoms with van der Waals surface area (Å²) in [6, 6.07) is 8.21. The molecular formula is C15H18Cl2N2O3. The van der Waals surface area contributed by atoms with E-state index >= 15 is 0 Å². The molecule has 2 aromatic carbocycles. The molecular weight excluding hydrogens is 327 g/mol. The number of hydrogen-bond acceptors (Lipinski definition) is 5. The predicted molar refractivity (Wildman–Crippen MR) is 91.0 cm³/mol. The first-order valence-corrected chi connectivity index (χ1v) is 7.19. The highest BCUT2D eigenvalue weighted by Crippen LogP contribution is 2.34. The number of aryl methyl sites for hydroxylation is 1. The third-order valence-electron chi connectivity index (χ3n) is 2.76. The van der Waals surface area contributed by atoms with Crippen molar-refractivity contribution in [1.29, 1.82) is 0 Å². The number of aromatic hydroxyl groups is 2. The van der Waals surface area contributed by atoms with Crippen LogP contribution in [0.1, 0.15) is 5.56 Å². The first-order chi connectivity index (χ1) is 10.4. The van der Waals surface area contributed by atoms with Crippen molar-refractivity contribution >= 4 is 34.6 Å². The van der Waals surface area contributed by atoms with Crippen LogP contribution in [0.25, 0.3) is 0 Å². The van der Waals surface area contributed by atoms with Gasteiger partial charge in [0.25, 0.3) is 0 Å². The maximum absolute atomic E-state index is 9.30. The second-order valence-corrected chi connectivity index (χ2v) is 5.23. The van der Waals surface area contributed by atoms with Crippen molar-refractivity contribution in [1.82, 2.24) is 0 Å². The molecule has 2 aromatic rings. The Morgan fingerprint density at radius 2 is 1.77 bits per heavy atom. The van der Waals surface area contributed by atoms with Gasteiger partial charge in [-0.2, -0.15) is 0 Å². The van der Waals surface area contributed by atoms with E-state index in [1.165, 1.54) is 12.1 Å². The lowest BCUT2D eigenvalue weighted by Gasteiger charge is -2.05. The van der Waals surface area contributed by atoms with Crippen LogP contribution in [-0.4, -0.2) is 28.5 Å². The third-order valence-corrected chi connectivity index (χ3v) is 3.48. The topological polar surface area (TPSA) is 98.7 Å². The molecule has 2 rings (SSSR count). The van der Waals surface area contributed by atoms with Gasteiger partial charge in [-0.05, 0) is 30.7 Å². The van der Waals surface area contributed by atoms with E-state index in [1.54, 1.807) is 6.07 Å². The zero-order valence-corrected chi connectivity index (χ0v) is 13.5. The minimum Gasteiger partial charge on any atom is -0.508 e. The van der Waals surface area contributed by atoms with E-state index in [0.29, 0.717) is 11.6 Å². The summed E-state index contributed by atoms with van der Waals surface area (Å²) in [5.74, 6) is 0.224. The van der Waals surface area contributed by atoms with Gasteiger partial charge in [0.1, 0.15) is 16.5 Å². The summed E-state index contributed by atoms with van der Waals surface area (Å²) in [4.78, 5) is 0. The van der Waals surface area contributed by atoms with Crippen LogP contribution >= 0.6 is 23.2 Å². The Kier molecular flexibility index (Phi) is 7.11. The number of phenols is 2. The smallest absolute Gasteiger partial charge is 0.136 e. The molecule has 0 bridgehead atoms. The van der Waals surface area contributed by atoms with Crippen LogP contribution in [0.5, 0.6) is 11.5 Å². The zero-order valence-electron chi connectivity index (χ0n) is 12.0. The summed E-state index contributed by atoms with van der Waals surface area (Å²) in [5, 5.41) is 30.2. The lowest BCUT2D eigenvalue weighted by atomic mass is 10.2. The molecule has 0 aromatic heterocycles. The number of halogens is 2. The maximum atomic E-state index is 9.30. The molecule has 0 atom stereocenters. The van der Waals surface area contributed by atoms with Crippen LogP contribution in [0.15, 0.2) is 30.3 Å². The van der Waals surface area contributed by atoms with Gasteiger partial charge in [0.2, 0.25) is 0 Å². The SMILES string of the molecule is Cc1ccc(NCCO)cc1O.Nc1c(Cl)ccc(O)c1Cl. The summed E-state index contributed by atoms with van der Waals surface area (Å²) in [5.41, 5.74) is 7.25. The Labute approximate surface area is 138 Å². The molecule has 0 saturated carbocycles. The molecule has 22 heavy (non-hydrogen) atoms. The van der Waals surface area contributed by atoms with Gasteiger partial charge in [-0.25, -0.2) is 0 Å². The average molecular weight is 345 g/mol. The molecule has 0 aliphatic carbocycles. The Morgan fingerprint density at radius 3 is 2.32 bits per heavy atom. The molecule has 7 heteroatoms. The van der Waals surface area contributed by atoms with Crippen LogP contribution in [-0.2, 0) is 0 Å². The van der Waals surface area contributed by atoms with Gasteiger partial charge < -0.3 is 26.4 Å². The fourth-order valence-corrected chi connectivity index (χ4v) is 1.85. The van der Waals surface area contributed by atoms with E-state index in [2.05, 4.69) is 5.32 Å². The molecule has 120 valence electrons. The molecule has 0 saturated heterocycles. The van der Waals surface area contributed by atoms with Crippen LogP contribution in [0.2, 0.25) is 10.0 Å². The fourth-order valence-electron chi connectivity index (χ4n) is 1.48. The minimum atomic E-state index is -0.0523. The van der Waals surface area contributed by atoms with Gasteiger partial charge in [0, 0.05) is 18.3 Å². The number of benzene rings is 2. The second kappa shape index (κ2) is 8.58. The summed E-state index contributed by atoms with van der Waals surface area (Å²) in [6.45, 7) is 2.43. The molecule has 0 fully saturated rings. The Bertz CT molecular complexity index is 609. The van der Waals surface area contributed by atoms with E-state index in [0.717, 1.165) is 11.3 Å². The molecule has 0 heterocycles. The van der Waals surface area contributed by atoms with Crippen LogP contribution < -0.4 is 11.1 Å². The summed E-state index contributed by atoms with van der Waals surface area (Å²) in [7, 11) is 0. The van der Waals surface area contributed by atoms with E-state index < -0.39 is 0 Å². The lowest BCUT2D eigenvalue weighted by molar-refractivity contribution is 0.311. The van der Waals surface area contributed by atoms with Crippen molar-refractivity contribution in [3.8, 4) is 11.5 Å². The first kappa shape index (κ1) is 18.2. The summed E-state index contributed by atoms with van der Waals surface area (Å²) >= 11 is 11.1. The number of nitrogens with one attached hydrogen (secondary N) is 1. The first-order valence-electron chi connectivity index (χ1n) is 6.43. The standard InChI is InChI=1S/C9H13NO2.C6H5Cl2NO/c1-7-2-3-8(6-9(7)12)10-4-5-11;7-3-1-2-4(10)5(8)6(3)9/h2-3,6,10-12H,4-5H2,1H3;1-2,10H,9H2. The van der Waals surface area contributed by atoms with Gasteiger partial charge in [-0.3, -0.25) is 0 Å². The third kappa shape index (κ3) is 5.18. The summed E-state index contributed by atoms with van der Waals surface area (Å²) in [6.07, 6.45) is 0. The number of aliphatic hydroxyl groups excluding tert-OH is 1. The molecule has 5 nitrogen and oxygen atoms in total. The second-order valence-electron chi connectivity index (χ2n) is 4.45. The molecule has 0 radical (unpaired) electrons. The number of phenolic OH excluding ortho intramolecular Hbond substituents is 2. The van der Waals surface area contributed by atoms with Gasteiger partial charge >= 0.3 is 0 Å². The number of nitrogen functional groups attached to an aromatic ring is 1. The highest BCUT2D eigenvalue weighted by Gasteiger charge is 2.04. The Morgan fingerprint density at radius 1 is 1.09 bits per heavy atom. The van der Waals surface area contributed by atoms with Crippen molar-refractivity contribution in [2.75, 3.05) is 24.2 Å². The monoisotopic (exact) mass is 344 g/mol. The molecule has 0 spiro atoms. The van der Waals surface area contributed by atoms with Gasteiger partial charge in [-0.15, -0.1) is 0 Å². The van der Waals surface area contributed by atoms with Crippen molar-refractivity contribution < 1.29 is 15.3 Å². The highest BCUT2D eigenvalue weighted by molar-refractivity contribution is 6.39. The van der Waals surface area contributed by atoms with Crippen molar-refractivity contribution in [3.05, 3.63) is 45.9 Å². The molecule has 6 N–H and O–H groups in total. The highest BCUT2D eigenvalue weighted by atomic mass is 35.5. The van der Waals surface area contributed by atoms with Gasteiger partial charge in [0.05, 0.1) is 17.3 Å².